The minimum absolute atomic E-state index is 0.0724. The van der Waals surface area contributed by atoms with Gasteiger partial charge in [0.2, 0.25) is 5.75 Å². The highest BCUT2D eigenvalue weighted by molar-refractivity contribution is 6.37. The van der Waals surface area contributed by atoms with Crippen molar-refractivity contribution in [2.75, 3.05) is 11.9 Å². The van der Waals surface area contributed by atoms with E-state index in [1.807, 2.05) is 5.32 Å². The van der Waals surface area contributed by atoms with Crippen LogP contribution in [0.2, 0.25) is 10.0 Å². The first kappa shape index (κ1) is 18.5. The van der Waals surface area contributed by atoms with Gasteiger partial charge in [0, 0.05) is 16.4 Å². The molecular formula is C13H10Cl2FN3O4. The molecule has 10 heteroatoms. The Morgan fingerprint density at radius 1 is 1.39 bits per heavy atom. The lowest BCUT2D eigenvalue weighted by molar-refractivity contribution is -0.116. The van der Waals surface area contributed by atoms with E-state index in [1.54, 1.807) is 13.0 Å². The summed E-state index contributed by atoms with van der Waals surface area (Å²) < 4.78 is 16.7. The molecule has 2 N–H and O–H groups in total. The van der Waals surface area contributed by atoms with Gasteiger partial charge in [-0.2, -0.15) is 5.26 Å². The molecule has 122 valence electrons. The number of hydrogen-bond donors (Lipinski definition) is 2. The van der Waals surface area contributed by atoms with Gasteiger partial charge in [-0.05, 0) is 19.1 Å². The van der Waals surface area contributed by atoms with Crippen LogP contribution in [0.1, 0.15) is 6.92 Å². The fraction of sp³-hybridized carbons (Fsp3) is 0.154. The van der Waals surface area contributed by atoms with E-state index in [9.17, 15) is 14.1 Å². The predicted octanol–water partition coefficient (Wildman–Crippen LogP) is 3.35. The van der Waals surface area contributed by atoms with Gasteiger partial charge in [-0.3, -0.25) is 15.1 Å². The number of nitrogens with one attached hydrogen (secondary N) is 2. The highest BCUT2D eigenvalue weighted by Crippen LogP contribution is 2.36. The van der Waals surface area contributed by atoms with Crippen LogP contribution in [0.15, 0.2) is 23.9 Å². The van der Waals surface area contributed by atoms with Crippen molar-refractivity contribution in [2.45, 2.75) is 6.92 Å². The monoisotopic (exact) mass is 361 g/mol. The lowest BCUT2D eigenvalue weighted by Crippen LogP contribution is -2.32. The summed E-state index contributed by atoms with van der Waals surface area (Å²) in [5, 5.41) is 13.1. The minimum Gasteiger partial charge on any atom is -0.450 e. The Bertz CT molecular complexity index is 665. The number of ether oxygens (including phenoxy) is 1. The third kappa shape index (κ3) is 5.32. The van der Waals surface area contributed by atoms with Crippen molar-refractivity contribution in [3.05, 3.63) is 34.0 Å². The van der Waals surface area contributed by atoms with E-state index in [1.165, 1.54) is 12.1 Å². The average molecular weight is 362 g/mol. The van der Waals surface area contributed by atoms with E-state index < -0.39 is 17.6 Å². The summed E-state index contributed by atoms with van der Waals surface area (Å²) in [5.41, 5.74) is -0.145. The number of hydrogen-bond acceptors (Lipinski definition) is 6. The van der Waals surface area contributed by atoms with Crippen molar-refractivity contribution in [3.8, 4) is 11.8 Å². The van der Waals surface area contributed by atoms with Crippen LogP contribution >= 0.6 is 23.2 Å². The first-order valence-electron chi connectivity index (χ1n) is 6.05. The molecule has 0 bridgehead atoms. The Morgan fingerprint density at radius 2 is 2.00 bits per heavy atom. The molecule has 0 unspecified atom stereocenters. The van der Waals surface area contributed by atoms with Crippen molar-refractivity contribution < 1.29 is 23.8 Å². The SMILES string of the molecule is CCOC(=O)NC(=O)/C(C#N)=C\Nc1cc(Cl)c(OF)c(Cl)c1. The summed E-state index contributed by atoms with van der Waals surface area (Å²) in [4.78, 5) is 26.3. The second-order valence-corrected chi connectivity index (χ2v) is 4.65. The maximum Gasteiger partial charge on any atom is 0.414 e. The number of halogens is 3. The topological polar surface area (TPSA) is 100 Å². The van der Waals surface area contributed by atoms with E-state index in [2.05, 4.69) is 15.0 Å². The largest absolute Gasteiger partial charge is 0.450 e. The van der Waals surface area contributed by atoms with Crippen molar-refractivity contribution in [1.82, 2.24) is 5.32 Å². The van der Waals surface area contributed by atoms with Gasteiger partial charge in [0.05, 0.1) is 16.7 Å². The van der Waals surface area contributed by atoms with Crippen LogP contribution in [0, 0.1) is 11.3 Å². The summed E-state index contributed by atoms with van der Waals surface area (Å²) in [5.74, 6) is -1.32. The third-order valence-electron chi connectivity index (χ3n) is 2.31. The minimum atomic E-state index is -0.978. The number of rotatable bonds is 5. The molecule has 0 aliphatic carbocycles. The molecule has 1 rings (SSSR count). The molecule has 7 nitrogen and oxygen atoms in total. The molecule has 0 aromatic heterocycles. The van der Waals surface area contributed by atoms with Crippen LogP contribution in [0.4, 0.5) is 15.0 Å². The van der Waals surface area contributed by atoms with Crippen LogP contribution in [0.5, 0.6) is 5.75 Å². The molecule has 0 saturated carbocycles. The maximum atomic E-state index is 12.2. The number of nitrogens with zero attached hydrogens (tertiary/aromatic N) is 1. The number of anilines is 1. The van der Waals surface area contributed by atoms with Gasteiger partial charge in [0.25, 0.3) is 5.91 Å². The molecule has 23 heavy (non-hydrogen) atoms. The summed E-state index contributed by atoms with van der Waals surface area (Å²) in [7, 11) is 0. The number of alkyl carbamates (subject to hydrolysis) is 1. The van der Waals surface area contributed by atoms with E-state index in [4.69, 9.17) is 28.5 Å². The van der Waals surface area contributed by atoms with Gasteiger partial charge >= 0.3 is 6.09 Å². The van der Waals surface area contributed by atoms with Gasteiger partial charge in [-0.15, -0.1) is 0 Å². The lowest BCUT2D eigenvalue weighted by atomic mass is 10.2. The van der Waals surface area contributed by atoms with Gasteiger partial charge in [0.15, 0.2) is 0 Å². The molecule has 0 aliphatic rings. The van der Waals surface area contributed by atoms with Crippen LogP contribution in [-0.4, -0.2) is 18.6 Å². The summed E-state index contributed by atoms with van der Waals surface area (Å²) in [6.07, 6.45) is 0.0428. The number of imide groups is 1. The highest BCUT2D eigenvalue weighted by Gasteiger charge is 2.14. The smallest absolute Gasteiger partial charge is 0.414 e. The van der Waals surface area contributed by atoms with Crippen molar-refractivity contribution >= 4 is 40.9 Å². The second kappa shape index (κ2) is 8.82. The Labute approximate surface area is 140 Å². The van der Waals surface area contributed by atoms with Crippen LogP contribution in [0.25, 0.3) is 0 Å². The Balaban J connectivity index is 2.87. The molecule has 0 atom stereocenters. The fourth-order valence-corrected chi connectivity index (χ4v) is 1.89. The Kier molecular flexibility index (Phi) is 7.12. The lowest BCUT2D eigenvalue weighted by Gasteiger charge is -2.07. The molecule has 0 radical (unpaired) electrons. The summed E-state index contributed by atoms with van der Waals surface area (Å²) >= 11 is 11.5. The number of amides is 2. The standard InChI is InChI=1S/C13H10Cl2FN3O4/c1-2-22-13(21)19-12(20)7(5-17)6-18-8-3-9(14)11(23-16)10(15)4-8/h3-4,6,18H,2H2,1H3,(H,19,20,21)/b7-6-. The molecule has 0 fully saturated rings. The highest BCUT2D eigenvalue weighted by atomic mass is 35.5. The average Bonchev–Trinajstić information content (AvgIpc) is 2.47. The third-order valence-corrected chi connectivity index (χ3v) is 2.88. The zero-order chi connectivity index (χ0) is 17.4. The van der Waals surface area contributed by atoms with Gasteiger partial charge in [-0.25, -0.2) is 4.79 Å². The zero-order valence-corrected chi connectivity index (χ0v) is 13.2. The Hall–Kier alpha value is -2.50. The second-order valence-electron chi connectivity index (χ2n) is 3.83. The molecule has 0 spiro atoms. The van der Waals surface area contributed by atoms with Crippen molar-refractivity contribution in [3.63, 3.8) is 0 Å². The van der Waals surface area contributed by atoms with E-state index in [0.717, 1.165) is 6.20 Å². The van der Waals surface area contributed by atoms with Gasteiger partial charge < -0.3 is 10.1 Å². The van der Waals surface area contributed by atoms with E-state index in [0.29, 0.717) is 0 Å². The molecule has 1 aromatic carbocycles. The summed E-state index contributed by atoms with van der Waals surface area (Å²) in [6, 6.07) is 4.12. The zero-order valence-electron chi connectivity index (χ0n) is 11.7. The number of carbonyl (C=O) groups excluding carboxylic acids is 2. The normalized spacial score (nSPS) is 10.5. The summed E-state index contributed by atoms with van der Waals surface area (Å²) in [6.45, 7) is 1.63. The number of nitriles is 1. The maximum absolute atomic E-state index is 12.2. The van der Waals surface area contributed by atoms with Crippen LogP contribution in [0.3, 0.4) is 0 Å². The molecule has 0 heterocycles. The molecule has 2 amide bonds. The fourth-order valence-electron chi connectivity index (χ4n) is 1.35. The van der Waals surface area contributed by atoms with Crippen LogP contribution < -0.4 is 15.6 Å². The predicted molar refractivity (Wildman–Crippen MR) is 80.7 cm³/mol. The molecular weight excluding hydrogens is 352 g/mol. The van der Waals surface area contributed by atoms with E-state index >= 15 is 0 Å². The number of carbonyl (C=O) groups is 2. The van der Waals surface area contributed by atoms with Gasteiger partial charge in [-0.1, -0.05) is 23.2 Å². The van der Waals surface area contributed by atoms with Crippen molar-refractivity contribution in [1.29, 1.82) is 5.26 Å². The number of benzene rings is 1. The van der Waals surface area contributed by atoms with Crippen LogP contribution in [-0.2, 0) is 9.53 Å². The van der Waals surface area contributed by atoms with E-state index in [-0.39, 0.29) is 28.1 Å². The first-order valence-corrected chi connectivity index (χ1v) is 6.81. The first-order chi connectivity index (χ1) is 10.9. The molecule has 1 aromatic rings. The van der Waals surface area contributed by atoms with Gasteiger partial charge in [0.1, 0.15) is 11.6 Å². The Morgan fingerprint density at radius 3 is 2.48 bits per heavy atom. The van der Waals surface area contributed by atoms with Crippen molar-refractivity contribution in [2.24, 2.45) is 0 Å². The quantitative estimate of drug-likeness (QED) is 0.616. The molecule has 0 saturated heterocycles. The molecule has 0 aliphatic heterocycles.